The van der Waals surface area contributed by atoms with E-state index >= 15 is 0 Å². The van der Waals surface area contributed by atoms with Crippen LogP contribution in [0.3, 0.4) is 0 Å². The third-order valence-electron chi connectivity index (χ3n) is 5.14. The minimum Gasteiger partial charge on any atom is -0.356 e. The fourth-order valence-corrected chi connectivity index (χ4v) is 3.53. The molecule has 4 heteroatoms. The maximum absolute atomic E-state index is 12.2. The fraction of sp³-hybridized carbons (Fsp3) is 0.524. The first-order valence-electron chi connectivity index (χ1n) is 9.42. The van der Waals surface area contributed by atoms with Crippen LogP contribution < -0.4 is 10.6 Å². The number of nitrogens with one attached hydrogen (secondary N) is 2. The van der Waals surface area contributed by atoms with Crippen molar-refractivity contribution in [3.63, 3.8) is 0 Å². The molecule has 4 nitrogen and oxygen atoms in total. The molecule has 25 heavy (non-hydrogen) atoms. The Hall–Kier alpha value is -2.10. The predicted molar refractivity (Wildman–Crippen MR) is 98.8 cm³/mol. The van der Waals surface area contributed by atoms with Crippen LogP contribution >= 0.6 is 0 Å². The molecule has 1 saturated carbocycles. The maximum atomic E-state index is 12.2. The lowest BCUT2D eigenvalue weighted by molar-refractivity contribution is -0.127. The Labute approximate surface area is 150 Å². The zero-order chi connectivity index (χ0) is 17.6. The number of carbonyl (C=O) groups is 2. The monoisotopic (exact) mass is 340 g/mol. The van der Waals surface area contributed by atoms with Crippen molar-refractivity contribution in [1.29, 1.82) is 0 Å². The zero-order valence-electron chi connectivity index (χ0n) is 15.0. The summed E-state index contributed by atoms with van der Waals surface area (Å²) in [4.78, 5) is 24.4. The molecule has 2 aliphatic rings. The Kier molecular flexibility index (Phi) is 5.90. The highest BCUT2D eigenvalue weighted by molar-refractivity contribution is 5.92. The van der Waals surface area contributed by atoms with E-state index in [1.807, 2.05) is 25.1 Å². The number of benzene rings is 1. The van der Waals surface area contributed by atoms with Gasteiger partial charge in [0.05, 0.1) is 11.8 Å². The Balaban J connectivity index is 1.35. The second kappa shape index (κ2) is 8.32. The van der Waals surface area contributed by atoms with Crippen LogP contribution in [-0.2, 0) is 16.1 Å². The summed E-state index contributed by atoms with van der Waals surface area (Å²) in [7, 11) is 0. The average Bonchev–Trinajstić information content (AvgIpc) is 3.41. The largest absolute Gasteiger partial charge is 0.356 e. The highest BCUT2D eigenvalue weighted by atomic mass is 16.2. The van der Waals surface area contributed by atoms with Crippen molar-refractivity contribution in [3.8, 4) is 0 Å². The smallest absolute Gasteiger partial charge is 0.224 e. The second-order valence-corrected chi connectivity index (χ2v) is 7.30. The highest BCUT2D eigenvalue weighted by Crippen LogP contribution is 2.38. The van der Waals surface area contributed by atoms with Crippen LogP contribution in [0.4, 0.5) is 0 Å². The molecular weight excluding hydrogens is 312 g/mol. The van der Waals surface area contributed by atoms with Crippen LogP contribution in [0.25, 0.3) is 0 Å². The summed E-state index contributed by atoms with van der Waals surface area (Å²) in [6, 6.07) is 8.10. The molecule has 3 rings (SSSR count). The van der Waals surface area contributed by atoms with Gasteiger partial charge in [0.1, 0.15) is 0 Å². The van der Waals surface area contributed by atoms with E-state index in [1.54, 1.807) is 0 Å². The van der Waals surface area contributed by atoms with Gasteiger partial charge in [-0.3, -0.25) is 9.59 Å². The van der Waals surface area contributed by atoms with E-state index in [0.717, 1.165) is 12.0 Å². The van der Waals surface area contributed by atoms with Gasteiger partial charge in [-0.15, -0.1) is 0 Å². The normalized spacial score (nSPS) is 22.0. The molecular formula is C21H28N2O2. The number of amides is 2. The molecule has 0 radical (unpaired) electrons. The first-order valence-corrected chi connectivity index (χ1v) is 9.42. The number of rotatable bonds is 7. The van der Waals surface area contributed by atoms with Gasteiger partial charge in [0, 0.05) is 13.1 Å². The Morgan fingerprint density at radius 2 is 1.92 bits per heavy atom. The number of aryl methyl sites for hydroxylation is 1. The molecule has 0 aromatic heterocycles. The molecule has 2 amide bonds. The molecule has 0 aliphatic heterocycles. The van der Waals surface area contributed by atoms with Crippen LogP contribution in [0.5, 0.6) is 0 Å². The molecule has 1 aromatic rings. The van der Waals surface area contributed by atoms with Crippen molar-refractivity contribution >= 4 is 11.8 Å². The average molecular weight is 340 g/mol. The van der Waals surface area contributed by atoms with Gasteiger partial charge in [-0.2, -0.15) is 0 Å². The standard InChI is InChI=1S/C21H28N2O2/c1-15-6-5-9-17(12-15)14-23-21(25)19-13-18(19)20(24)22-11-10-16-7-3-2-4-8-16/h5-7,9,12,18-19H,2-4,8,10-11,13-14H2,1H3,(H,22,24)(H,23,25). The van der Waals surface area contributed by atoms with Crippen LogP contribution in [-0.4, -0.2) is 18.4 Å². The van der Waals surface area contributed by atoms with Gasteiger partial charge in [-0.25, -0.2) is 0 Å². The molecule has 2 aliphatic carbocycles. The van der Waals surface area contributed by atoms with E-state index in [0.29, 0.717) is 19.5 Å². The van der Waals surface area contributed by atoms with Crippen molar-refractivity contribution < 1.29 is 9.59 Å². The third-order valence-corrected chi connectivity index (χ3v) is 5.14. The quantitative estimate of drug-likeness (QED) is 0.749. The Morgan fingerprint density at radius 1 is 1.12 bits per heavy atom. The van der Waals surface area contributed by atoms with Crippen molar-refractivity contribution in [2.75, 3.05) is 6.54 Å². The van der Waals surface area contributed by atoms with Gasteiger partial charge in [0.25, 0.3) is 0 Å². The molecule has 0 saturated heterocycles. The summed E-state index contributed by atoms with van der Waals surface area (Å²) >= 11 is 0. The summed E-state index contributed by atoms with van der Waals surface area (Å²) in [6.07, 6.45) is 8.84. The van der Waals surface area contributed by atoms with Crippen molar-refractivity contribution in [2.24, 2.45) is 11.8 Å². The minimum atomic E-state index is -0.154. The lowest BCUT2D eigenvalue weighted by Gasteiger charge is -2.13. The summed E-state index contributed by atoms with van der Waals surface area (Å²) in [5.41, 5.74) is 3.74. The predicted octanol–water partition coefficient (Wildman–Crippen LogP) is 3.25. The maximum Gasteiger partial charge on any atom is 0.224 e. The number of carbonyl (C=O) groups excluding carboxylic acids is 2. The van der Waals surface area contributed by atoms with Gasteiger partial charge in [-0.1, -0.05) is 41.5 Å². The summed E-state index contributed by atoms with van der Waals surface area (Å²) < 4.78 is 0. The minimum absolute atomic E-state index is 0.00311. The molecule has 0 spiro atoms. The van der Waals surface area contributed by atoms with Crippen molar-refractivity contribution in [3.05, 3.63) is 47.0 Å². The second-order valence-electron chi connectivity index (χ2n) is 7.30. The zero-order valence-corrected chi connectivity index (χ0v) is 15.0. The van der Waals surface area contributed by atoms with Gasteiger partial charge in [-0.05, 0) is 51.0 Å². The van der Waals surface area contributed by atoms with Gasteiger partial charge in [0.15, 0.2) is 0 Å². The van der Waals surface area contributed by atoms with Crippen LogP contribution in [0.1, 0.15) is 49.7 Å². The molecule has 2 atom stereocenters. The van der Waals surface area contributed by atoms with Gasteiger partial charge < -0.3 is 10.6 Å². The molecule has 2 unspecified atom stereocenters. The summed E-state index contributed by atoms with van der Waals surface area (Å²) in [5, 5.41) is 5.95. The van der Waals surface area contributed by atoms with Crippen LogP contribution in [0.15, 0.2) is 35.9 Å². The lowest BCUT2D eigenvalue weighted by atomic mass is 9.97. The van der Waals surface area contributed by atoms with E-state index in [1.165, 1.54) is 36.8 Å². The van der Waals surface area contributed by atoms with E-state index in [9.17, 15) is 9.59 Å². The van der Waals surface area contributed by atoms with Crippen molar-refractivity contribution in [2.45, 2.75) is 52.0 Å². The van der Waals surface area contributed by atoms with Crippen molar-refractivity contribution in [1.82, 2.24) is 10.6 Å². The number of hydrogen-bond acceptors (Lipinski definition) is 2. The van der Waals surface area contributed by atoms with Crippen LogP contribution in [0.2, 0.25) is 0 Å². The Morgan fingerprint density at radius 3 is 2.64 bits per heavy atom. The molecule has 134 valence electrons. The van der Waals surface area contributed by atoms with Crippen LogP contribution in [0, 0.1) is 18.8 Å². The molecule has 0 bridgehead atoms. The lowest BCUT2D eigenvalue weighted by Crippen LogP contribution is -2.30. The molecule has 1 aromatic carbocycles. The highest BCUT2D eigenvalue weighted by Gasteiger charge is 2.47. The van der Waals surface area contributed by atoms with Gasteiger partial charge >= 0.3 is 0 Å². The first-order chi connectivity index (χ1) is 12.1. The number of hydrogen-bond donors (Lipinski definition) is 2. The third kappa shape index (κ3) is 5.18. The fourth-order valence-electron chi connectivity index (χ4n) is 3.53. The number of allylic oxidation sites excluding steroid dienone is 1. The topological polar surface area (TPSA) is 58.2 Å². The van der Waals surface area contributed by atoms with E-state index < -0.39 is 0 Å². The van der Waals surface area contributed by atoms with E-state index in [2.05, 4.69) is 22.8 Å². The van der Waals surface area contributed by atoms with Gasteiger partial charge in [0.2, 0.25) is 11.8 Å². The molecule has 1 fully saturated rings. The SMILES string of the molecule is Cc1cccc(CNC(=O)C2CC2C(=O)NCCC2=CCCCC2)c1. The van der Waals surface area contributed by atoms with E-state index in [4.69, 9.17) is 0 Å². The molecule has 0 heterocycles. The molecule has 2 N–H and O–H groups in total. The summed E-state index contributed by atoms with van der Waals surface area (Å²) in [6.45, 7) is 3.26. The Bertz CT molecular complexity index is 666. The van der Waals surface area contributed by atoms with E-state index in [-0.39, 0.29) is 23.7 Å². The first kappa shape index (κ1) is 17.7. The summed E-state index contributed by atoms with van der Waals surface area (Å²) in [5.74, 6) is -0.264.